The fourth-order valence-electron chi connectivity index (χ4n) is 10.3. The van der Waals surface area contributed by atoms with E-state index in [2.05, 4.69) is 218 Å². The zero-order valence-electron chi connectivity index (χ0n) is 38.3. The molecule has 0 saturated heterocycles. The molecule has 0 bridgehead atoms. The number of benzene rings is 10. The molecule has 2 aliphatic heterocycles. The van der Waals surface area contributed by atoms with Gasteiger partial charge in [0.1, 0.15) is 22.7 Å². The van der Waals surface area contributed by atoms with Gasteiger partial charge in [0, 0.05) is 33.3 Å². The molecule has 70 heavy (non-hydrogen) atoms. The van der Waals surface area contributed by atoms with Crippen molar-refractivity contribution in [3.05, 3.63) is 230 Å². The largest absolute Gasteiger partial charge is 0.456 e. The molecule has 6 heteroatoms. The predicted molar refractivity (Wildman–Crippen MR) is 284 cm³/mol. The highest BCUT2D eigenvalue weighted by molar-refractivity contribution is 6.16. The lowest BCUT2D eigenvalue weighted by Crippen LogP contribution is -2.15. The van der Waals surface area contributed by atoms with Gasteiger partial charge in [0.05, 0.1) is 22.7 Å². The predicted octanol–water partition coefficient (Wildman–Crippen LogP) is 18.8. The lowest BCUT2D eigenvalue weighted by Gasteiger charge is -2.33. The SMILES string of the molecule is Cc1cccc(N2c3ccccc3Oc3cc(-c4ccc(-c5cc6c(ccc7c8cc(-c9ccc(-c%10ccc%11c(c%10)Oc%10ccccc%10N%11c%10cccc(C)c%10)cc9)oc8ccc67)o5)cc4)ccc32)c1. The molecule has 14 rings (SSSR count). The summed E-state index contributed by atoms with van der Waals surface area (Å²) < 4.78 is 26.1. The van der Waals surface area contributed by atoms with Crippen LogP contribution in [0.2, 0.25) is 0 Å². The van der Waals surface area contributed by atoms with E-state index in [1.54, 1.807) is 0 Å². The van der Waals surface area contributed by atoms with Gasteiger partial charge in [0.15, 0.2) is 23.0 Å². The van der Waals surface area contributed by atoms with Crippen LogP contribution in [0.4, 0.5) is 34.1 Å². The Kier molecular flexibility index (Phi) is 8.92. The Bertz CT molecular complexity index is 3790. The molecule has 0 radical (unpaired) electrons. The molecule has 0 saturated carbocycles. The molecule has 2 aliphatic rings. The molecule has 0 aliphatic carbocycles. The highest BCUT2D eigenvalue weighted by Gasteiger charge is 2.28. The molecular weight excluding hydrogens is 861 g/mol. The zero-order valence-corrected chi connectivity index (χ0v) is 38.3. The summed E-state index contributed by atoms with van der Waals surface area (Å²) in [6.07, 6.45) is 0. The Hall–Kier alpha value is -9.26. The van der Waals surface area contributed by atoms with Crippen LogP contribution in [0.15, 0.2) is 227 Å². The minimum atomic E-state index is 0.818. The zero-order chi connectivity index (χ0) is 46.5. The first kappa shape index (κ1) is 39.9. The molecule has 2 aromatic heterocycles. The van der Waals surface area contributed by atoms with Crippen molar-refractivity contribution in [2.75, 3.05) is 9.80 Å². The molecule has 10 aromatic carbocycles. The molecular formula is C64H42N2O4. The standard InChI is InChI=1S/C64H42N2O4/c1-39-9-7-11-47(33-39)65-53-13-3-5-15-59(53)69-63-35-45(25-29-55(63)65)41-17-21-43(22-18-41)61-37-51-49-28-32-58-52(50(49)27-31-57(51)67-61)38-62(68-58)44-23-19-42(20-24-44)46-26-30-56-64(36-46)70-60-16-6-4-14-54(60)66(56)48-12-8-10-40(2)34-48/h3-38H,1-2H3. The number of furan rings is 2. The van der Waals surface area contributed by atoms with Gasteiger partial charge in [-0.05, 0) is 167 Å². The van der Waals surface area contributed by atoms with Crippen molar-refractivity contribution in [2.45, 2.75) is 13.8 Å². The van der Waals surface area contributed by atoms with Crippen molar-refractivity contribution in [1.82, 2.24) is 0 Å². The van der Waals surface area contributed by atoms with Crippen molar-refractivity contribution in [1.29, 1.82) is 0 Å². The van der Waals surface area contributed by atoms with Gasteiger partial charge in [0.25, 0.3) is 0 Å². The van der Waals surface area contributed by atoms with E-state index in [4.69, 9.17) is 18.3 Å². The van der Waals surface area contributed by atoms with Crippen molar-refractivity contribution in [3.8, 4) is 67.9 Å². The normalized spacial score (nSPS) is 12.6. The van der Waals surface area contributed by atoms with Gasteiger partial charge in [-0.2, -0.15) is 0 Å². The fourth-order valence-corrected chi connectivity index (χ4v) is 10.3. The van der Waals surface area contributed by atoms with E-state index in [0.29, 0.717) is 0 Å². The van der Waals surface area contributed by atoms with Crippen molar-refractivity contribution in [3.63, 3.8) is 0 Å². The minimum absolute atomic E-state index is 0.818. The van der Waals surface area contributed by atoms with Crippen molar-refractivity contribution < 1.29 is 18.3 Å². The molecule has 4 heterocycles. The van der Waals surface area contributed by atoms with Crippen LogP contribution in [-0.2, 0) is 0 Å². The van der Waals surface area contributed by atoms with Gasteiger partial charge in [0.2, 0.25) is 0 Å². The number of para-hydroxylation sites is 4. The van der Waals surface area contributed by atoms with Gasteiger partial charge in [-0.25, -0.2) is 0 Å². The summed E-state index contributed by atoms with van der Waals surface area (Å²) in [6.45, 7) is 4.25. The molecule has 6 nitrogen and oxygen atoms in total. The lowest BCUT2D eigenvalue weighted by atomic mass is 10.00. The molecule has 0 amide bonds. The average molecular weight is 903 g/mol. The number of aryl methyl sites for hydroxylation is 2. The second kappa shape index (κ2) is 15.7. The second-order valence-corrected chi connectivity index (χ2v) is 18.3. The Morgan fingerprint density at radius 2 is 0.686 bits per heavy atom. The van der Waals surface area contributed by atoms with Crippen molar-refractivity contribution in [2.24, 2.45) is 0 Å². The molecule has 0 atom stereocenters. The van der Waals surface area contributed by atoms with Crippen LogP contribution in [0.1, 0.15) is 11.1 Å². The first-order chi connectivity index (χ1) is 34.5. The number of hydrogen-bond donors (Lipinski definition) is 0. The Labute approximate surface area is 404 Å². The maximum Gasteiger partial charge on any atom is 0.152 e. The summed E-state index contributed by atoms with van der Waals surface area (Å²) in [5.41, 5.74) is 16.7. The maximum absolute atomic E-state index is 6.53. The van der Waals surface area contributed by atoms with Gasteiger partial charge in [-0.15, -0.1) is 0 Å². The van der Waals surface area contributed by atoms with Crippen molar-refractivity contribution >= 4 is 66.8 Å². The summed E-state index contributed by atoms with van der Waals surface area (Å²) in [5.74, 6) is 4.94. The second-order valence-electron chi connectivity index (χ2n) is 18.3. The van der Waals surface area contributed by atoms with Crippen LogP contribution in [0.5, 0.6) is 23.0 Å². The van der Waals surface area contributed by atoms with Gasteiger partial charge in [-0.1, -0.05) is 109 Å². The minimum Gasteiger partial charge on any atom is -0.456 e. The third kappa shape index (κ3) is 6.56. The topological polar surface area (TPSA) is 51.2 Å². The van der Waals surface area contributed by atoms with Crippen LogP contribution < -0.4 is 19.3 Å². The maximum atomic E-state index is 6.53. The summed E-state index contributed by atoms with van der Waals surface area (Å²) in [4.78, 5) is 4.56. The van der Waals surface area contributed by atoms with E-state index in [1.165, 1.54) is 11.1 Å². The average Bonchev–Trinajstić information content (AvgIpc) is 4.05. The van der Waals surface area contributed by atoms with Crippen LogP contribution in [0, 0.1) is 13.8 Å². The van der Waals surface area contributed by atoms with Gasteiger partial charge < -0.3 is 28.1 Å². The first-order valence-electron chi connectivity index (χ1n) is 23.6. The highest BCUT2D eigenvalue weighted by Crippen LogP contribution is 2.53. The number of hydrogen-bond acceptors (Lipinski definition) is 6. The number of fused-ring (bicyclic) bond motifs is 9. The molecule has 0 spiro atoms. The lowest BCUT2D eigenvalue weighted by molar-refractivity contribution is 0.477. The fraction of sp³-hybridized carbons (Fsp3) is 0.0312. The molecule has 0 unspecified atom stereocenters. The van der Waals surface area contributed by atoms with E-state index < -0.39 is 0 Å². The summed E-state index contributed by atoms with van der Waals surface area (Å²) >= 11 is 0. The summed E-state index contributed by atoms with van der Waals surface area (Å²) in [7, 11) is 0. The van der Waals surface area contributed by atoms with Crippen LogP contribution in [-0.4, -0.2) is 0 Å². The van der Waals surface area contributed by atoms with E-state index in [-0.39, 0.29) is 0 Å². The Balaban J connectivity index is 0.732. The summed E-state index contributed by atoms with van der Waals surface area (Å²) in [6, 6.07) is 76.4. The third-order valence-corrected chi connectivity index (χ3v) is 13.8. The molecule has 0 fully saturated rings. The van der Waals surface area contributed by atoms with Gasteiger partial charge in [-0.3, -0.25) is 0 Å². The first-order valence-corrected chi connectivity index (χ1v) is 23.6. The third-order valence-electron chi connectivity index (χ3n) is 13.8. The number of anilines is 6. The van der Waals surface area contributed by atoms with Crippen LogP contribution in [0.25, 0.3) is 77.6 Å². The molecule has 12 aromatic rings. The van der Waals surface area contributed by atoms with E-state index in [9.17, 15) is 0 Å². The number of ether oxygens (including phenoxy) is 2. The van der Waals surface area contributed by atoms with E-state index >= 15 is 0 Å². The number of nitrogens with zero attached hydrogens (tertiary/aromatic N) is 2. The quantitative estimate of drug-likeness (QED) is 0.166. The van der Waals surface area contributed by atoms with Crippen LogP contribution in [0.3, 0.4) is 0 Å². The Morgan fingerprint density at radius 1 is 0.286 bits per heavy atom. The number of rotatable bonds is 6. The smallest absolute Gasteiger partial charge is 0.152 e. The summed E-state index contributed by atoms with van der Waals surface area (Å²) in [5, 5.41) is 4.37. The molecule has 332 valence electrons. The van der Waals surface area contributed by atoms with E-state index in [1.807, 2.05) is 24.3 Å². The monoisotopic (exact) mass is 902 g/mol. The highest BCUT2D eigenvalue weighted by atomic mass is 16.5. The Morgan fingerprint density at radius 3 is 1.13 bits per heavy atom. The van der Waals surface area contributed by atoms with Gasteiger partial charge >= 0.3 is 0 Å². The van der Waals surface area contributed by atoms with E-state index in [0.717, 1.165) is 135 Å². The molecule has 0 N–H and O–H groups in total. The van der Waals surface area contributed by atoms with Crippen LogP contribution >= 0.6 is 0 Å².